The van der Waals surface area contributed by atoms with Crippen LogP contribution in [-0.4, -0.2) is 56.0 Å². The molecule has 2 aromatic rings. The fourth-order valence-electron chi connectivity index (χ4n) is 3.80. The van der Waals surface area contributed by atoms with Gasteiger partial charge in [-0.1, -0.05) is 31.9 Å². The Morgan fingerprint density at radius 1 is 1.03 bits per heavy atom. The van der Waals surface area contributed by atoms with E-state index in [9.17, 15) is 14.0 Å². The number of piperazine rings is 1. The molecule has 0 saturated carbocycles. The molecule has 0 radical (unpaired) electrons. The van der Waals surface area contributed by atoms with Gasteiger partial charge >= 0.3 is 11.8 Å². The van der Waals surface area contributed by atoms with Gasteiger partial charge in [-0.25, -0.2) is 4.39 Å². The van der Waals surface area contributed by atoms with E-state index in [-0.39, 0.29) is 18.4 Å². The zero-order valence-electron chi connectivity index (χ0n) is 18.0. The quantitative estimate of drug-likeness (QED) is 0.473. The maximum absolute atomic E-state index is 14.1. The van der Waals surface area contributed by atoms with Gasteiger partial charge in [0.15, 0.2) is 0 Å². The summed E-state index contributed by atoms with van der Waals surface area (Å²) in [5, 5.41) is 5.39. The number of hydrogen-bond acceptors (Lipinski definition) is 5. The lowest BCUT2D eigenvalue weighted by molar-refractivity contribution is -0.139. The van der Waals surface area contributed by atoms with Gasteiger partial charge in [-0.2, -0.15) is 0 Å². The SMILES string of the molecule is CCCCCNC(=O)C(=O)NCC(c1ccco1)N1CCN(c2ccccc2F)CC1. The molecule has 1 atom stereocenters. The maximum atomic E-state index is 14.1. The third-order valence-corrected chi connectivity index (χ3v) is 5.55. The summed E-state index contributed by atoms with van der Waals surface area (Å²) in [6.07, 6.45) is 4.52. The summed E-state index contributed by atoms with van der Waals surface area (Å²) in [6, 6.07) is 10.2. The predicted octanol–water partition coefficient (Wildman–Crippen LogP) is 2.70. The number of carbonyl (C=O) groups excluding carboxylic acids is 2. The standard InChI is InChI=1S/C23H31FN4O3/c1-2-3-6-11-25-22(29)23(30)26-17-20(21-10-7-16-31-21)28-14-12-27(13-15-28)19-9-5-4-8-18(19)24/h4-5,7-10,16,20H,2-3,6,11-15,17H2,1H3,(H,25,29)(H,26,30). The number of nitrogens with one attached hydrogen (secondary N) is 2. The molecule has 2 N–H and O–H groups in total. The molecule has 7 nitrogen and oxygen atoms in total. The second-order valence-electron chi connectivity index (χ2n) is 7.68. The minimum Gasteiger partial charge on any atom is -0.468 e. The van der Waals surface area contributed by atoms with Crippen LogP contribution in [-0.2, 0) is 9.59 Å². The van der Waals surface area contributed by atoms with Gasteiger partial charge in [0.25, 0.3) is 0 Å². The number of carbonyl (C=O) groups is 2. The van der Waals surface area contributed by atoms with Crippen LogP contribution in [0.1, 0.15) is 38.0 Å². The molecule has 1 aliphatic heterocycles. The number of para-hydroxylation sites is 1. The molecule has 2 heterocycles. The number of unbranched alkanes of at least 4 members (excludes halogenated alkanes) is 2. The molecule has 3 rings (SSSR count). The van der Waals surface area contributed by atoms with E-state index in [0.29, 0.717) is 38.4 Å². The normalized spacial score (nSPS) is 15.5. The van der Waals surface area contributed by atoms with Gasteiger partial charge in [-0.15, -0.1) is 0 Å². The van der Waals surface area contributed by atoms with Gasteiger partial charge < -0.3 is 20.0 Å². The second-order valence-corrected chi connectivity index (χ2v) is 7.68. The first-order valence-corrected chi connectivity index (χ1v) is 10.9. The van der Waals surface area contributed by atoms with Crippen LogP contribution in [0.3, 0.4) is 0 Å². The van der Waals surface area contributed by atoms with Crippen molar-refractivity contribution in [3.63, 3.8) is 0 Å². The average Bonchev–Trinajstić information content (AvgIpc) is 3.32. The first-order chi connectivity index (χ1) is 15.1. The van der Waals surface area contributed by atoms with Crippen LogP contribution < -0.4 is 15.5 Å². The minimum absolute atomic E-state index is 0.199. The molecule has 2 amide bonds. The van der Waals surface area contributed by atoms with Gasteiger partial charge in [-0.3, -0.25) is 14.5 Å². The predicted molar refractivity (Wildman–Crippen MR) is 117 cm³/mol. The van der Waals surface area contributed by atoms with Crippen LogP contribution in [0.4, 0.5) is 10.1 Å². The Labute approximate surface area is 182 Å². The highest BCUT2D eigenvalue weighted by molar-refractivity contribution is 6.35. The summed E-state index contributed by atoms with van der Waals surface area (Å²) in [5.74, 6) is -0.754. The zero-order valence-corrected chi connectivity index (χ0v) is 18.0. The lowest BCUT2D eigenvalue weighted by Gasteiger charge is -2.39. The molecule has 1 unspecified atom stereocenters. The average molecular weight is 431 g/mol. The van der Waals surface area contributed by atoms with Crippen molar-refractivity contribution in [1.29, 1.82) is 0 Å². The number of hydrogen-bond donors (Lipinski definition) is 2. The summed E-state index contributed by atoms with van der Waals surface area (Å²) in [4.78, 5) is 28.4. The molecule has 1 aromatic carbocycles. The molecule has 0 aliphatic carbocycles. The third kappa shape index (κ3) is 6.30. The van der Waals surface area contributed by atoms with E-state index < -0.39 is 11.8 Å². The van der Waals surface area contributed by atoms with Crippen LogP contribution in [0.5, 0.6) is 0 Å². The highest BCUT2D eigenvalue weighted by Crippen LogP contribution is 2.25. The van der Waals surface area contributed by atoms with Gasteiger partial charge in [0.2, 0.25) is 0 Å². The van der Waals surface area contributed by atoms with Gasteiger partial charge in [0, 0.05) is 39.3 Å². The van der Waals surface area contributed by atoms with E-state index in [2.05, 4.69) is 22.5 Å². The number of amides is 2. The van der Waals surface area contributed by atoms with Crippen molar-refractivity contribution >= 4 is 17.5 Å². The Balaban J connectivity index is 1.55. The zero-order chi connectivity index (χ0) is 22.1. The van der Waals surface area contributed by atoms with Crippen LogP contribution >= 0.6 is 0 Å². The summed E-state index contributed by atoms with van der Waals surface area (Å²) in [6.45, 7) is 5.51. The van der Waals surface area contributed by atoms with Crippen LogP contribution in [0.2, 0.25) is 0 Å². The van der Waals surface area contributed by atoms with Crippen molar-refractivity contribution in [2.75, 3.05) is 44.2 Å². The van der Waals surface area contributed by atoms with E-state index in [1.165, 1.54) is 6.07 Å². The molecular formula is C23H31FN4O3. The minimum atomic E-state index is -0.641. The van der Waals surface area contributed by atoms with Gasteiger partial charge in [0.1, 0.15) is 11.6 Å². The topological polar surface area (TPSA) is 77.8 Å². The molecule has 1 fully saturated rings. The molecule has 1 aromatic heterocycles. The van der Waals surface area contributed by atoms with Crippen LogP contribution in [0, 0.1) is 5.82 Å². The van der Waals surface area contributed by atoms with E-state index in [4.69, 9.17) is 4.42 Å². The Kier molecular flexibility index (Phi) is 8.46. The Hall–Kier alpha value is -2.87. The summed E-state index contributed by atoms with van der Waals surface area (Å²) >= 11 is 0. The summed E-state index contributed by atoms with van der Waals surface area (Å²) in [5.41, 5.74) is 0.602. The van der Waals surface area contributed by atoms with Gasteiger partial charge in [0.05, 0.1) is 18.0 Å². The number of halogens is 1. The molecule has 8 heteroatoms. The largest absolute Gasteiger partial charge is 0.468 e. The molecule has 0 bridgehead atoms. The van der Waals surface area contributed by atoms with Crippen molar-refractivity contribution < 1.29 is 18.4 Å². The lowest BCUT2D eigenvalue weighted by Crippen LogP contribution is -2.51. The maximum Gasteiger partial charge on any atom is 0.309 e. The van der Waals surface area contributed by atoms with Crippen molar-refractivity contribution in [2.45, 2.75) is 32.2 Å². The second kappa shape index (κ2) is 11.5. The Morgan fingerprint density at radius 3 is 2.45 bits per heavy atom. The highest BCUT2D eigenvalue weighted by atomic mass is 19.1. The van der Waals surface area contributed by atoms with Crippen LogP contribution in [0.25, 0.3) is 0 Å². The Bertz CT molecular complexity index is 835. The van der Waals surface area contributed by atoms with Crippen molar-refractivity contribution in [3.8, 4) is 0 Å². The number of anilines is 1. The van der Waals surface area contributed by atoms with E-state index in [1.54, 1.807) is 24.5 Å². The number of rotatable bonds is 9. The number of furan rings is 1. The molecule has 1 saturated heterocycles. The van der Waals surface area contributed by atoms with Crippen molar-refractivity contribution in [3.05, 3.63) is 54.2 Å². The Morgan fingerprint density at radius 2 is 1.77 bits per heavy atom. The first-order valence-electron chi connectivity index (χ1n) is 10.9. The van der Waals surface area contributed by atoms with Gasteiger partial charge in [-0.05, 0) is 30.7 Å². The van der Waals surface area contributed by atoms with Crippen LogP contribution in [0.15, 0.2) is 47.1 Å². The summed E-state index contributed by atoms with van der Waals surface area (Å²) in [7, 11) is 0. The monoisotopic (exact) mass is 430 g/mol. The summed E-state index contributed by atoms with van der Waals surface area (Å²) < 4.78 is 19.7. The third-order valence-electron chi connectivity index (χ3n) is 5.55. The molecule has 0 spiro atoms. The molecular weight excluding hydrogens is 399 g/mol. The smallest absolute Gasteiger partial charge is 0.309 e. The molecule has 31 heavy (non-hydrogen) atoms. The van der Waals surface area contributed by atoms with E-state index in [0.717, 1.165) is 25.0 Å². The van der Waals surface area contributed by atoms with Crippen molar-refractivity contribution in [2.24, 2.45) is 0 Å². The highest BCUT2D eigenvalue weighted by Gasteiger charge is 2.28. The fourth-order valence-corrected chi connectivity index (χ4v) is 3.80. The number of benzene rings is 1. The van der Waals surface area contributed by atoms with Crippen molar-refractivity contribution in [1.82, 2.24) is 15.5 Å². The molecule has 1 aliphatic rings. The number of nitrogens with zero attached hydrogens (tertiary/aromatic N) is 2. The lowest BCUT2D eigenvalue weighted by atomic mass is 10.1. The first kappa shape index (κ1) is 22.8. The van der Waals surface area contributed by atoms with E-state index in [1.807, 2.05) is 17.0 Å². The molecule has 168 valence electrons. The fraction of sp³-hybridized carbons (Fsp3) is 0.478. The van der Waals surface area contributed by atoms with E-state index >= 15 is 0 Å².